The van der Waals surface area contributed by atoms with E-state index in [2.05, 4.69) is 0 Å². The Kier molecular flexibility index (Phi) is 2.64. The van der Waals surface area contributed by atoms with Gasteiger partial charge < -0.3 is 9.67 Å². The van der Waals surface area contributed by atoms with Crippen molar-refractivity contribution in [2.24, 2.45) is 7.05 Å². The van der Waals surface area contributed by atoms with Crippen molar-refractivity contribution in [2.75, 3.05) is 0 Å². The number of hydrogen-bond acceptors (Lipinski definition) is 1. The summed E-state index contributed by atoms with van der Waals surface area (Å²) in [5.41, 5.74) is 2.14. The summed E-state index contributed by atoms with van der Waals surface area (Å²) in [5.74, 6) is -0.983. The Labute approximate surface area is 98.3 Å². The van der Waals surface area contributed by atoms with Crippen molar-refractivity contribution < 1.29 is 9.90 Å². The smallest absolute Gasteiger partial charge is 0.339 e. The first kappa shape index (κ1) is 11.0. The van der Waals surface area contributed by atoms with Gasteiger partial charge in [-0.3, -0.25) is 0 Å². The highest BCUT2D eigenvalue weighted by Gasteiger charge is 2.19. The Hall–Kier alpha value is -1.48. The van der Waals surface area contributed by atoms with E-state index in [1.807, 2.05) is 25.1 Å². The fraction of sp³-hybridized carbons (Fsp3) is 0.250. The standard InChI is InChI=1S/C12H12ClNO2/c1-3-7-4-5-9-8(6-7)10(12(15)16)11(13)14(9)2/h4-6H,3H2,1-2H3,(H,15,16). The Balaban J connectivity index is 2.86. The van der Waals surface area contributed by atoms with Crippen molar-refractivity contribution >= 4 is 28.5 Å². The highest BCUT2D eigenvalue weighted by Crippen LogP contribution is 2.29. The van der Waals surface area contributed by atoms with E-state index in [4.69, 9.17) is 16.7 Å². The molecule has 0 saturated heterocycles. The molecule has 0 aliphatic heterocycles. The summed E-state index contributed by atoms with van der Waals surface area (Å²) >= 11 is 6.01. The Bertz CT molecular complexity index is 572. The van der Waals surface area contributed by atoms with Gasteiger partial charge in [-0.1, -0.05) is 24.6 Å². The number of aromatic carboxylic acids is 1. The lowest BCUT2D eigenvalue weighted by Gasteiger charge is -1.99. The number of aromatic nitrogens is 1. The van der Waals surface area contributed by atoms with Gasteiger partial charge in [0.25, 0.3) is 0 Å². The van der Waals surface area contributed by atoms with Gasteiger partial charge in [0, 0.05) is 18.0 Å². The van der Waals surface area contributed by atoms with Crippen LogP contribution in [0, 0.1) is 0 Å². The molecule has 1 aromatic carbocycles. The van der Waals surface area contributed by atoms with Gasteiger partial charge in [0.1, 0.15) is 10.7 Å². The summed E-state index contributed by atoms with van der Waals surface area (Å²) in [6.07, 6.45) is 0.877. The number of carbonyl (C=O) groups is 1. The molecule has 1 N–H and O–H groups in total. The second-order valence-corrected chi connectivity index (χ2v) is 4.09. The van der Waals surface area contributed by atoms with E-state index in [1.54, 1.807) is 11.6 Å². The molecule has 0 unspecified atom stereocenters. The average molecular weight is 238 g/mol. The summed E-state index contributed by atoms with van der Waals surface area (Å²) < 4.78 is 1.69. The molecule has 0 saturated carbocycles. The highest BCUT2D eigenvalue weighted by molar-refractivity contribution is 6.35. The zero-order chi connectivity index (χ0) is 11.9. The minimum Gasteiger partial charge on any atom is -0.478 e. The predicted octanol–water partition coefficient (Wildman–Crippen LogP) is 3.09. The van der Waals surface area contributed by atoms with Crippen LogP contribution in [0.15, 0.2) is 18.2 Å². The van der Waals surface area contributed by atoms with E-state index in [1.165, 1.54) is 0 Å². The first-order valence-electron chi connectivity index (χ1n) is 5.06. The van der Waals surface area contributed by atoms with Crippen LogP contribution in [0.2, 0.25) is 5.15 Å². The monoisotopic (exact) mass is 237 g/mol. The number of carboxylic acid groups (broad SMARTS) is 1. The molecule has 0 fully saturated rings. The van der Waals surface area contributed by atoms with Crippen LogP contribution in [0.4, 0.5) is 0 Å². The summed E-state index contributed by atoms with van der Waals surface area (Å²) in [6, 6.07) is 5.79. The number of hydrogen-bond donors (Lipinski definition) is 1. The van der Waals surface area contributed by atoms with Crippen molar-refractivity contribution in [3.05, 3.63) is 34.5 Å². The lowest BCUT2D eigenvalue weighted by atomic mass is 10.1. The topological polar surface area (TPSA) is 42.2 Å². The van der Waals surface area contributed by atoms with Crippen LogP contribution in [-0.2, 0) is 13.5 Å². The van der Waals surface area contributed by atoms with Gasteiger partial charge in [-0.15, -0.1) is 0 Å². The molecule has 2 rings (SSSR count). The van der Waals surface area contributed by atoms with Crippen molar-refractivity contribution in [1.82, 2.24) is 4.57 Å². The fourth-order valence-corrected chi connectivity index (χ4v) is 2.16. The molecule has 16 heavy (non-hydrogen) atoms. The van der Waals surface area contributed by atoms with E-state index < -0.39 is 5.97 Å². The molecular weight excluding hydrogens is 226 g/mol. The molecule has 0 aliphatic carbocycles. The van der Waals surface area contributed by atoms with Crippen molar-refractivity contribution in [3.63, 3.8) is 0 Å². The van der Waals surface area contributed by atoms with Crippen LogP contribution in [0.1, 0.15) is 22.8 Å². The van der Waals surface area contributed by atoms with E-state index in [9.17, 15) is 4.79 Å². The van der Waals surface area contributed by atoms with E-state index in [0.717, 1.165) is 17.5 Å². The summed E-state index contributed by atoms with van der Waals surface area (Å²) in [7, 11) is 1.77. The van der Waals surface area contributed by atoms with Crippen LogP contribution in [-0.4, -0.2) is 15.6 Å². The molecule has 1 aromatic heterocycles. The molecule has 3 nitrogen and oxygen atoms in total. The Morgan fingerprint density at radius 2 is 2.19 bits per heavy atom. The maximum Gasteiger partial charge on any atom is 0.339 e. The third-order valence-corrected chi connectivity index (χ3v) is 3.26. The Morgan fingerprint density at radius 3 is 2.75 bits per heavy atom. The zero-order valence-corrected chi connectivity index (χ0v) is 9.88. The molecule has 0 bridgehead atoms. The number of fused-ring (bicyclic) bond motifs is 1. The summed E-state index contributed by atoms with van der Waals surface area (Å²) in [6.45, 7) is 2.03. The average Bonchev–Trinajstić information content (AvgIpc) is 2.51. The minimum absolute atomic E-state index is 0.189. The molecular formula is C12H12ClNO2. The minimum atomic E-state index is -0.983. The Morgan fingerprint density at radius 1 is 1.50 bits per heavy atom. The van der Waals surface area contributed by atoms with Gasteiger partial charge in [-0.05, 0) is 24.1 Å². The van der Waals surface area contributed by atoms with Gasteiger partial charge in [0.15, 0.2) is 0 Å². The molecule has 0 amide bonds. The lowest BCUT2D eigenvalue weighted by Crippen LogP contribution is -1.96. The second-order valence-electron chi connectivity index (χ2n) is 3.74. The number of halogens is 1. The van der Waals surface area contributed by atoms with E-state index in [-0.39, 0.29) is 10.7 Å². The molecule has 0 radical (unpaired) electrons. The van der Waals surface area contributed by atoms with Crippen LogP contribution in [0.3, 0.4) is 0 Å². The predicted molar refractivity (Wildman–Crippen MR) is 64.3 cm³/mol. The first-order valence-corrected chi connectivity index (χ1v) is 5.44. The molecule has 0 atom stereocenters. The highest BCUT2D eigenvalue weighted by atomic mass is 35.5. The van der Waals surface area contributed by atoms with Crippen LogP contribution in [0.5, 0.6) is 0 Å². The van der Waals surface area contributed by atoms with Crippen LogP contribution in [0.25, 0.3) is 10.9 Å². The first-order chi connectivity index (χ1) is 7.56. The largest absolute Gasteiger partial charge is 0.478 e. The normalized spacial score (nSPS) is 10.9. The van der Waals surface area contributed by atoms with Gasteiger partial charge in [-0.25, -0.2) is 4.79 Å². The van der Waals surface area contributed by atoms with Gasteiger partial charge >= 0.3 is 5.97 Å². The molecule has 0 spiro atoms. The SMILES string of the molecule is CCc1ccc2c(c1)c(C(=O)O)c(Cl)n2C. The molecule has 1 heterocycles. The van der Waals surface area contributed by atoms with Crippen molar-refractivity contribution in [2.45, 2.75) is 13.3 Å². The summed E-state index contributed by atoms with van der Waals surface area (Å²) in [4.78, 5) is 11.2. The molecule has 2 aromatic rings. The van der Waals surface area contributed by atoms with Crippen molar-refractivity contribution in [3.8, 4) is 0 Å². The van der Waals surface area contributed by atoms with Crippen molar-refractivity contribution in [1.29, 1.82) is 0 Å². The van der Waals surface area contributed by atoms with Gasteiger partial charge in [-0.2, -0.15) is 0 Å². The molecule has 4 heteroatoms. The maximum absolute atomic E-state index is 11.2. The van der Waals surface area contributed by atoms with Gasteiger partial charge in [0.05, 0.1) is 0 Å². The number of carboxylic acids is 1. The number of benzene rings is 1. The fourth-order valence-electron chi connectivity index (χ4n) is 1.88. The van der Waals surface area contributed by atoms with Gasteiger partial charge in [0.2, 0.25) is 0 Å². The molecule has 84 valence electrons. The van der Waals surface area contributed by atoms with Crippen LogP contribution < -0.4 is 0 Å². The second kappa shape index (κ2) is 3.83. The summed E-state index contributed by atoms with van der Waals surface area (Å²) in [5, 5.41) is 10.1. The zero-order valence-electron chi connectivity index (χ0n) is 9.12. The van der Waals surface area contributed by atoms with E-state index in [0.29, 0.717) is 5.39 Å². The quantitative estimate of drug-likeness (QED) is 0.872. The molecule has 0 aliphatic rings. The maximum atomic E-state index is 11.2. The number of rotatable bonds is 2. The third kappa shape index (κ3) is 1.48. The van der Waals surface area contributed by atoms with Crippen LogP contribution >= 0.6 is 11.6 Å². The third-order valence-electron chi connectivity index (χ3n) is 2.81. The lowest BCUT2D eigenvalue weighted by molar-refractivity contribution is 0.0699. The van der Waals surface area contributed by atoms with E-state index >= 15 is 0 Å². The number of nitrogens with zero attached hydrogens (tertiary/aromatic N) is 1. The number of aryl methyl sites for hydroxylation is 2.